The molecule has 0 fully saturated rings. The highest BCUT2D eigenvalue weighted by atomic mass is 19.1. The molecule has 0 saturated heterocycles. The molecule has 126 valence electrons. The first-order valence-electron chi connectivity index (χ1n) is 7.30. The molecule has 3 aromatic heterocycles. The number of H-pyrrole nitrogens is 1. The Kier molecular flexibility index (Phi) is 3.14. The summed E-state index contributed by atoms with van der Waals surface area (Å²) in [6, 6.07) is 5.76. The molecule has 1 N–H and O–H groups in total. The molecule has 9 nitrogen and oxygen atoms in total. The Bertz CT molecular complexity index is 1210. The van der Waals surface area contributed by atoms with Crippen LogP contribution in [0, 0.1) is 5.82 Å². The molecular weight excluding hydrogens is 329 g/mol. The molecule has 4 rings (SSSR count). The number of imidazole rings is 1. The van der Waals surface area contributed by atoms with Crippen molar-refractivity contribution in [3.05, 3.63) is 57.1 Å². The zero-order valence-electron chi connectivity index (χ0n) is 13.3. The summed E-state index contributed by atoms with van der Waals surface area (Å²) in [5, 5.41) is 7.99. The molecule has 0 aliphatic rings. The Morgan fingerprint density at radius 3 is 2.52 bits per heavy atom. The molecule has 25 heavy (non-hydrogen) atoms. The molecule has 0 amide bonds. The SMILES string of the molecule is Cn1c(=O)c2[nH]c(-c3cn(-c4ccc(F)cc4)nn3)nc2n(C)c1=O. The maximum absolute atomic E-state index is 13.0. The van der Waals surface area contributed by atoms with Gasteiger partial charge in [0.2, 0.25) is 0 Å². The summed E-state index contributed by atoms with van der Waals surface area (Å²) >= 11 is 0. The van der Waals surface area contributed by atoms with Gasteiger partial charge in [0.25, 0.3) is 5.56 Å². The fourth-order valence-corrected chi connectivity index (χ4v) is 2.54. The van der Waals surface area contributed by atoms with Gasteiger partial charge in [-0.05, 0) is 24.3 Å². The van der Waals surface area contributed by atoms with Gasteiger partial charge >= 0.3 is 5.69 Å². The van der Waals surface area contributed by atoms with E-state index in [1.807, 2.05) is 0 Å². The molecule has 3 heterocycles. The highest BCUT2D eigenvalue weighted by molar-refractivity contribution is 5.74. The second-order valence-corrected chi connectivity index (χ2v) is 5.51. The van der Waals surface area contributed by atoms with E-state index >= 15 is 0 Å². The Hall–Kier alpha value is -3.56. The van der Waals surface area contributed by atoms with Gasteiger partial charge < -0.3 is 4.98 Å². The van der Waals surface area contributed by atoms with E-state index in [-0.39, 0.29) is 17.0 Å². The third kappa shape index (κ3) is 2.26. The minimum absolute atomic E-state index is 0.205. The zero-order valence-corrected chi connectivity index (χ0v) is 13.3. The Labute approximate surface area is 139 Å². The lowest BCUT2D eigenvalue weighted by atomic mass is 10.3. The lowest BCUT2D eigenvalue weighted by molar-refractivity contribution is 0.626. The Morgan fingerprint density at radius 1 is 1.08 bits per heavy atom. The summed E-state index contributed by atoms with van der Waals surface area (Å²) in [6.07, 6.45) is 1.59. The number of hydrogen-bond donors (Lipinski definition) is 1. The average Bonchev–Trinajstić information content (AvgIpc) is 3.26. The van der Waals surface area contributed by atoms with Crippen LogP contribution < -0.4 is 11.2 Å². The fraction of sp³-hybridized carbons (Fsp3) is 0.133. The molecule has 10 heteroatoms. The number of hydrogen-bond acceptors (Lipinski definition) is 5. The van der Waals surface area contributed by atoms with Crippen LogP contribution in [0.1, 0.15) is 0 Å². The number of aryl methyl sites for hydroxylation is 1. The third-order valence-electron chi connectivity index (χ3n) is 3.92. The summed E-state index contributed by atoms with van der Waals surface area (Å²) in [7, 11) is 2.93. The molecule has 0 spiro atoms. The van der Waals surface area contributed by atoms with Gasteiger partial charge in [0.1, 0.15) is 17.0 Å². The summed E-state index contributed by atoms with van der Waals surface area (Å²) in [5.41, 5.74) is 0.512. The number of benzene rings is 1. The van der Waals surface area contributed by atoms with Gasteiger partial charge in [-0.3, -0.25) is 13.9 Å². The zero-order chi connectivity index (χ0) is 17.7. The average molecular weight is 341 g/mol. The van der Waals surface area contributed by atoms with E-state index in [1.54, 1.807) is 18.3 Å². The molecule has 0 bridgehead atoms. The summed E-state index contributed by atoms with van der Waals surface area (Å²) in [5.74, 6) is -0.0419. The molecular formula is C15H12FN7O2. The molecule has 0 radical (unpaired) electrons. The van der Waals surface area contributed by atoms with Crippen molar-refractivity contribution in [1.82, 2.24) is 34.1 Å². The van der Waals surface area contributed by atoms with Gasteiger partial charge in [-0.25, -0.2) is 18.9 Å². The monoisotopic (exact) mass is 341 g/mol. The van der Waals surface area contributed by atoms with Crippen LogP contribution in [0.5, 0.6) is 0 Å². The van der Waals surface area contributed by atoms with E-state index in [2.05, 4.69) is 20.3 Å². The number of aromatic nitrogens is 7. The van der Waals surface area contributed by atoms with Crippen molar-refractivity contribution in [3.8, 4) is 17.2 Å². The van der Waals surface area contributed by atoms with Crippen LogP contribution in [0.25, 0.3) is 28.4 Å². The van der Waals surface area contributed by atoms with Gasteiger partial charge in [0, 0.05) is 14.1 Å². The van der Waals surface area contributed by atoms with Crippen molar-refractivity contribution in [2.75, 3.05) is 0 Å². The molecule has 0 aliphatic carbocycles. The van der Waals surface area contributed by atoms with Crippen molar-refractivity contribution < 1.29 is 4.39 Å². The quantitative estimate of drug-likeness (QED) is 0.566. The molecule has 0 unspecified atom stereocenters. The van der Waals surface area contributed by atoms with Crippen molar-refractivity contribution in [3.63, 3.8) is 0 Å². The van der Waals surface area contributed by atoms with E-state index in [1.165, 1.54) is 35.5 Å². The van der Waals surface area contributed by atoms with Crippen molar-refractivity contribution in [2.45, 2.75) is 0 Å². The van der Waals surface area contributed by atoms with E-state index in [0.29, 0.717) is 17.2 Å². The maximum Gasteiger partial charge on any atom is 0.332 e. The van der Waals surface area contributed by atoms with Gasteiger partial charge in [0.05, 0.1) is 11.9 Å². The second-order valence-electron chi connectivity index (χ2n) is 5.51. The van der Waals surface area contributed by atoms with Crippen molar-refractivity contribution in [2.24, 2.45) is 14.1 Å². The predicted octanol–water partition coefficient (Wildman–Crippen LogP) is 0.347. The second kappa shape index (κ2) is 5.23. The lowest BCUT2D eigenvalue weighted by Gasteiger charge is -2.00. The molecule has 1 aromatic carbocycles. The standard InChI is InChI=1S/C15H12FN7O2/c1-21-13-11(14(24)22(2)15(21)25)17-12(18-13)10-7-23(20-19-10)9-5-3-8(16)4-6-9/h3-7H,1-2H3,(H,17,18). The topological polar surface area (TPSA) is 103 Å². The summed E-state index contributed by atoms with van der Waals surface area (Å²) in [4.78, 5) is 31.3. The Morgan fingerprint density at radius 2 is 1.80 bits per heavy atom. The highest BCUT2D eigenvalue weighted by Crippen LogP contribution is 2.17. The van der Waals surface area contributed by atoms with E-state index in [4.69, 9.17) is 0 Å². The summed E-state index contributed by atoms with van der Waals surface area (Å²) < 4.78 is 16.7. The van der Waals surface area contributed by atoms with Crippen LogP contribution in [0.3, 0.4) is 0 Å². The van der Waals surface area contributed by atoms with Crippen molar-refractivity contribution >= 4 is 11.2 Å². The van der Waals surface area contributed by atoms with Gasteiger partial charge in [-0.2, -0.15) is 0 Å². The third-order valence-corrected chi connectivity index (χ3v) is 3.92. The maximum atomic E-state index is 13.0. The molecule has 4 aromatic rings. The highest BCUT2D eigenvalue weighted by Gasteiger charge is 2.16. The fourth-order valence-electron chi connectivity index (χ4n) is 2.54. The van der Waals surface area contributed by atoms with Crippen LogP contribution in [-0.4, -0.2) is 34.1 Å². The van der Waals surface area contributed by atoms with E-state index < -0.39 is 11.2 Å². The number of rotatable bonds is 2. The number of aromatic amines is 1. The summed E-state index contributed by atoms with van der Waals surface area (Å²) in [6.45, 7) is 0. The molecule has 0 saturated carbocycles. The Balaban J connectivity index is 1.85. The number of nitrogens with zero attached hydrogens (tertiary/aromatic N) is 6. The normalized spacial score (nSPS) is 11.3. The van der Waals surface area contributed by atoms with Crippen LogP contribution in [0.15, 0.2) is 40.1 Å². The van der Waals surface area contributed by atoms with Gasteiger partial charge in [0.15, 0.2) is 11.5 Å². The molecule has 0 atom stereocenters. The lowest BCUT2D eigenvalue weighted by Crippen LogP contribution is -2.36. The van der Waals surface area contributed by atoms with Crippen molar-refractivity contribution in [1.29, 1.82) is 0 Å². The number of nitrogens with one attached hydrogen (secondary N) is 1. The first kappa shape index (κ1) is 15.0. The van der Waals surface area contributed by atoms with E-state index in [0.717, 1.165) is 4.57 Å². The number of fused-ring (bicyclic) bond motifs is 1. The van der Waals surface area contributed by atoms with Crippen LogP contribution >= 0.6 is 0 Å². The number of halogens is 1. The van der Waals surface area contributed by atoms with Crippen LogP contribution in [0.2, 0.25) is 0 Å². The first-order chi connectivity index (χ1) is 12.0. The smallest absolute Gasteiger partial charge is 0.331 e. The van der Waals surface area contributed by atoms with Crippen LogP contribution in [0.4, 0.5) is 4.39 Å². The minimum Gasteiger partial charge on any atom is -0.331 e. The first-order valence-corrected chi connectivity index (χ1v) is 7.30. The minimum atomic E-state index is -0.470. The molecule has 0 aliphatic heterocycles. The van der Waals surface area contributed by atoms with Crippen LogP contribution in [-0.2, 0) is 14.1 Å². The largest absolute Gasteiger partial charge is 0.332 e. The van der Waals surface area contributed by atoms with Gasteiger partial charge in [-0.1, -0.05) is 5.21 Å². The predicted molar refractivity (Wildman–Crippen MR) is 86.9 cm³/mol. The van der Waals surface area contributed by atoms with E-state index in [9.17, 15) is 14.0 Å². The van der Waals surface area contributed by atoms with Gasteiger partial charge in [-0.15, -0.1) is 5.10 Å².